The summed E-state index contributed by atoms with van der Waals surface area (Å²) in [4.78, 5) is 20.8. The molecule has 1 heterocycles. The molecular weight excluding hydrogens is 224 g/mol. The van der Waals surface area contributed by atoms with Crippen LogP contribution in [-0.2, 0) is 11.3 Å². The zero-order valence-corrected chi connectivity index (χ0v) is 7.89. The third kappa shape index (κ3) is 3.15. The summed E-state index contributed by atoms with van der Waals surface area (Å²) in [6, 6.07) is 2.59. The highest BCUT2D eigenvalue weighted by Gasteiger charge is 2.14. The Hall–Kier alpha value is -2.25. The van der Waals surface area contributed by atoms with Crippen LogP contribution in [0.5, 0.6) is 0 Å². The van der Waals surface area contributed by atoms with Crippen molar-refractivity contribution in [2.75, 3.05) is 0 Å². The first-order valence-electron chi connectivity index (χ1n) is 4.11. The smallest absolute Gasteiger partial charge is 0.323 e. The van der Waals surface area contributed by atoms with E-state index in [-0.39, 0.29) is 12.0 Å². The molecule has 1 amide bonds. The molecule has 8 heteroatoms. The Morgan fingerprint density at radius 1 is 1.62 bits per heavy atom. The van der Waals surface area contributed by atoms with E-state index < -0.39 is 23.5 Å². The normalized spacial score (nSPS) is 9.62. The fourth-order valence-corrected chi connectivity index (χ4v) is 1.04. The van der Waals surface area contributed by atoms with Gasteiger partial charge >= 0.3 is 5.82 Å². The second kappa shape index (κ2) is 5.01. The Balaban J connectivity index is 2.66. The van der Waals surface area contributed by atoms with Crippen LogP contribution in [0.4, 0.5) is 14.6 Å². The van der Waals surface area contributed by atoms with Gasteiger partial charge < -0.3 is 15.4 Å². The summed E-state index contributed by atoms with van der Waals surface area (Å²) in [5.74, 6) is -1.05. The molecule has 0 fully saturated rings. The van der Waals surface area contributed by atoms with E-state index in [1.807, 2.05) is 0 Å². The molecule has 0 unspecified atom stereocenters. The van der Waals surface area contributed by atoms with Crippen molar-refractivity contribution in [3.63, 3.8) is 0 Å². The van der Waals surface area contributed by atoms with Gasteiger partial charge in [0.2, 0.25) is 0 Å². The van der Waals surface area contributed by atoms with Gasteiger partial charge in [0.25, 0.3) is 12.0 Å². The van der Waals surface area contributed by atoms with Gasteiger partial charge in [-0.25, -0.2) is 4.57 Å². The minimum atomic E-state index is -2.05. The van der Waals surface area contributed by atoms with E-state index in [1.54, 1.807) is 5.32 Å². The fraction of sp³-hybridized carbons (Fsp3) is 0.125. The van der Waals surface area contributed by atoms with Crippen molar-refractivity contribution < 1.29 is 18.5 Å². The summed E-state index contributed by atoms with van der Waals surface area (Å²) >= 11 is 0. The zero-order valence-electron chi connectivity index (χ0n) is 7.89. The number of carbonyl (C=O) groups is 1. The molecule has 1 N–H and O–H groups in total. The van der Waals surface area contributed by atoms with Gasteiger partial charge in [-0.1, -0.05) is 0 Å². The van der Waals surface area contributed by atoms with Gasteiger partial charge in [-0.05, 0) is 11.0 Å². The Morgan fingerprint density at radius 3 is 2.88 bits per heavy atom. The number of carbonyl (C=O) groups excluding carboxylic acids is 1. The van der Waals surface area contributed by atoms with E-state index >= 15 is 0 Å². The van der Waals surface area contributed by atoms with Crippen molar-refractivity contribution in [1.29, 1.82) is 0 Å². The van der Waals surface area contributed by atoms with Crippen LogP contribution in [0.3, 0.4) is 0 Å². The molecule has 0 atom stereocenters. The summed E-state index contributed by atoms with van der Waals surface area (Å²) in [7, 11) is 0. The van der Waals surface area contributed by atoms with Crippen LogP contribution in [0, 0.1) is 10.1 Å². The van der Waals surface area contributed by atoms with Crippen molar-refractivity contribution in [2.45, 2.75) is 6.54 Å². The number of hydrogen-bond acceptors (Lipinski definition) is 3. The first kappa shape index (κ1) is 11.8. The number of nitrogens with one attached hydrogen (secondary N) is 1. The summed E-state index contributed by atoms with van der Waals surface area (Å²) in [6.45, 7) is -0.396. The lowest BCUT2D eigenvalue weighted by molar-refractivity contribution is -0.391. The van der Waals surface area contributed by atoms with Gasteiger partial charge in [0.15, 0.2) is 6.54 Å². The zero-order chi connectivity index (χ0) is 12.1. The molecule has 0 spiro atoms. The van der Waals surface area contributed by atoms with Gasteiger partial charge in [-0.3, -0.25) is 4.79 Å². The van der Waals surface area contributed by atoms with Crippen LogP contribution in [0.15, 0.2) is 30.6 Å². The Kier molecular flexibility index (Phi) is 3.70. The molecule has 1 aromatic heterocycles. The molecule has 86 valence electrons. The highest BCUT2D eigenvalue weighted by atomic mass is 19.3. The molecule has 1 rings (SSSR count). The maximum absolute atomic E-state index is 11.6. The largest absolute Gasteiger partial charge is 0.358 e. The van der Waals surface area contributed by atoms with Gasteiger partial charge in [0, 0.05) is 6.07 Å². The lowest BCUT2D eigenvalue weighted by Gasteiger charge is -2.00. The van der Waals surface area contributed by atoms with Gasteiger partial charge in [-0.15, -0.1) is 0 Å². The van der Waals surface area contributed by atoms with E-state index in [0.717, 1.165) is 4.57 Å². The predicted octanol–water partition coefficient (Wildman–Crippen LogP) is 1.25. The monoisotopic (exact) mass is 231 g/mol. The third-order valence-electron chi connectivity index (χ3n) is 1.65. The van der Waals surface area contributed by atoms with Crippen molar-refractivity contribution >= 4 is 11.7 Å². The standard InChI is InChI=1S/C8H7F2N3O3/c9-6(10)4-11-7(14)5-12-3-1-2-8(12)13(15)16/h1-4H,5H2,(H,11,14). The highest BCUT2D eigenvalue weighted by Crippen LogP contribution is 2.11. The Labute approximate surface area is 88.3 Å². The van der Waals surface area contributed by atoms with Crippen molar-refractivity contribution in [3.05, 3.63) is 40.7 Å². The molecule has 0 bridgehead atoms. The van der Waals surface area contributed by atoms with Crippen LogP contribution >= 0.6 is 0 Å². The summed E-state index contributed by atoms with van der Waals surface area (Å²) in [6.07, 6.45) is -0.499. The maximum Gasteiger partial charge on any atom is 0.323 e. The number of nitro groups is 1. The second-order valence-electron chi connectivity index (χ2n) is 2.75. The summed E-state index contributed by atoms with van der Waals surface area (Å²) in [5, 5.41) is 12.2. The number of halogens is 2. The highest BCUT2D eigenvalue weighted by molar-refractivity contribution is 5.77. The van der Waals surface area contributed by atoms with Crippen LogP contribution in [0.1, 0.15) is 0 Å². The predicted molar refractivity (Wildman–Crippen MR) is 49.5 cm³/mol. The Morgan fingerprint density at radius 2 is 2.31 bits per heavy atom. The van der Waals surface area contributed by atoms with E-state index in [9.17, 15) is 23.7 Å². The lowest BCUT2D eigenvalue weighted by Crippen LogP contribution is -2.23. The van der Waals surface area contributed by atoms with E-state index in [0.29, 0.717) is 0 Å². The van der Waals surface area contributed by atoms with Crippen LogP contribution in [0.25, 0.3) is 0 Å². The van der Waals surface area contributed by atoms with E-state index in [1.165, 1.54) is 18.3 Å². The van der Waals surface area contributed by atoms with Crippen LogP contribution in [-0.4, -0.2) is 15.4 Å². The van der Waals surface area contributed by atoms with Crippen LogP contribution in [0.2, 0.25) is 0 Å². The van der Waals surface area contributed by atoms with Gasteiger partial charge in [-0.2, -0.15) is 8.78 Å². The van der Waals surface area contributed by atoms with Gasteiger partial charge in [0.05, 0.1) is 12.4 Å². The molecule has 1 aromatic rings. The number of aromatic nitrogens is 1. The molecular formula is C8H7F2N3O3. The topological polar surface area (TPSA) is 77.2 Å². The third-order valence-corrected chi connectivity index (χ3v) is 1.65. The number of nitrogens with zero attached hydrogens (tertiary/aromatic N) is 2. The lowest BCUT2D eigenvalue weighted by atomic mass is 10.5. The average Bonchev–Trinajstić information content (AvgIpc) is 2.62. The minimum absolute atomic E-state index is 0.234. The van der Waals surface area contributed by atoms with Crippen molar-refractivity contribution in [3.8, 4) is 0 Å². The number of rotatable bonds is 4. The number of amides is 1. The van der Waals surface area contributed by atoms with Crippen molar-refractivity contribution in [2.24, 2.45) is 0 Å². The summed E-state index contributed by atoms with van der Waals surface area (Å²) < 4.78 is 24.3. The Bertz CT molecular complexity index is 437. The first-order chi connectivity index (χ1) is 7.50. The minimum Gasteiger partial charge on any atom is -0.358 e. The first-order valence-corrected chi connectivity index (χ1v) is 4.11. The van der Waals surface area contributed by atoms with Gasteiger partial charge in [0.1, 0.15) is 0 Å². The maximum atomic E-state index is 11.6. The quantitative estimate of drug-likeness (QED) is 0.625. The fourth-order valence-electron chi connectivity index (χ4n) is 1.04. The molecule has 0 aliphatic rings. The van der Waals surface area contributed by atoms with E-state index in [4.69, 9.17) is 0 Å². The molecule has 6 nitrogen and oxygen atoms in total. The second-order valence-corrected chi connectivity index (χ2v) is 2.75. The SMILES string of the molecule is O=C(Cn1cccc1[N+](=O)[O-])NC=C(F)F. The van der Waals surface area contributed by atoms with Crippen molar-refractivity contribution in [1.82, 2.24) is 9.88 Å². The molecule has 0 radical (unpaired) electrons. The molecule has 0 aromatic carbocycles. The van der Waals surface area contributed by atoms with E-state index in [2.05, 4.69) is 0 Å². The average molecular weight is 231 g/mol. The summed E-state index contributed by atoms with van der Waals surface area (Å²) in [5.41, 5.74) is 0. The number of hydrogen-bond donors (Lipinski definition) is 1. The van der Waals surface area contributed by atoms with Crippen LogP contribution < -0.4 is 5.32 Å². The molecule has 16 heavy (non-hydrogen) atoms. The molecule has 0 aliphatic carbocycles. The molecule has 0 saturated heterocycles. The molecule has 0 aliphatic heterocycles. The molecule has 0 saturated carbocycles.